The minimum absolute atomic E-state index is 0.0415. The number of hydrogen-bond donors (Lipinski definition) is 2. The molecule has 0 radical (unpaired) electrons. The van der Waals surface area contributed by atoms with Crippen molar-refractivity contribution >= 4 is 17.1 Å². The topological polar surface area (TPSA) is 128 Å². The second kappa shape index (κ2) is 7.52. The molecule has 12 heteroatoms. The van der Waals surface area contributed by atoms with Crippen LogP contribution in [-0.2, 0) is 6.54 Å². The molecule has 1 aliphatic rings. The van der Waals surface area contributed by atoms with Crippen LogP contribution in [0.4, 0.5) is 8.78 Å². The van der Waals surface area contributed by atoms with Crippen LogP contribution >= 0.6 is 0 Å². The summed E-state index contributed by atoms with van der Waals surface area (Å²) < 4.78 is 31.0. The molecule has 158 valence electrons. The highest BCUT2D eigenvalue weighted by Gasteiger charge is 2.40. The Bertz CT molecular complexity index is 1110. The minimum Gasteiger partial charge on any atom is -0.417 e. The summed E-state index contributed by atoms with van der Waals surface area (Å²) in [7, 11) is 0. The van der Waals surface area contributed by atoms with Gasteiger partial charge in [0, 0.05) is 18.3 Å². The number of hydrogen-bond acceptors (Lipinski definition) is 8. The van der Waals surface area contributed by atoms with Crippen LogP contribution in [-0.4, -0.2) is 59.5 Å². The number of fused-ring (bicyclic) bond motifs is 1. The fourth-order valence-corrected chi connectivity index (χ4v) is 2.91. The van der Waals surface area contributed by atoms with Gasteiger partial charge in [-0.15, -0.1) is 0 Å². The summed E-state index contributed by atoms with van der Waals surface area (Å²) in [6, 6.07) is 0. The Morgan fingerprint density at radius 1 is 1.33 bits per heavy atom. The van der Waals surface area contributed by atoms with Gasteiger partial charge in [0.1, 0.15) is 11.8 Å². The molecule has 0 spiro atoms. The molecule has 30 heavy (non-hydrogen) atoms. The fraction of sp³-hybridized carbons (Fsp3) is 0.444. The molecule has 3 aromatic rings. The number of aromatic nitrogens is 6. The van der Waals surface area contributed by atoms with Crippen LogP contribution in [0.3, 0.4) is 0 Å². The number of aliphatic hydroxyl groups is 1. The molecule has 1 fully saturated rings. The van der Waals surface area contributed by atoms with E-state index in [0.29, 0.717) is 35.4 Å². The smallest absolute Gasteiger partial charge is 0.388 e. The molecule has 2 N–H and O–H groups in total. The van der Waals surface area contributed by atoms with Gasteiger partial charge in [0.25, 0.3) is 5.91 Å². The van der Waals surface area contributed by atoms with Crippen molar-refractivity contribution in [2.24, 2.45) is 0 Å². The van der Waals surface area contributed by atoms with Crippen LogP contribution in [0.15, 0.2) is 12.5 Å². The number of halogens is 2. The Balaban J connectivity index is 1.67. The molecule has 0 aromatic carbocycles. The fourth-order valence-electron chi connectivity index (χ4n) is 2.91. The van der Waals surface area contributed by atoms with E-state index in [9.17, 15) is 18.7 Å². The Kier molecular flexibility index (Phi) is 5.02. The molecule has 1 amide bonds. The van der Waals surface area contributed by atoms with Crippen LogP contribution in [0.2, 0.25) is 0 Å². The first-order valence-corrected chi connectivity index (χ1v) is 9.22. The van der Waals surface area contributed by atoms with Crippen molar-refractivity contribution in [3.8, 4) is 5.88 Å². The molecule has 10 nitrogen and oxygen atoms in total. The number of aryl methyl sites for hydroxylation is 1. The van der Waals surface area contributed by atoms with Crippen LogP contribution in [0.25, 0.3) is 11.2 Å². The summed E-state index contributed by atoms with van der Waals surface area (Å²) in [4.78, 5) is 29.2. The molecule has 0 saturated heterocycles. The normalized spacial score (nSPS) is 14.9. The lowest BCUT2D eigenvalue weighted by molar-refractivity contribution is -0.0534. The molecule has 3 heterocycles. The Morgan fingerprint density at radius 2 is 2.10 bits per heavy atom. The lowest BCUT2D eigenvalue weighted by Gasteiger charge is -2.10. The zero-order valence-electron chi connectivity index (χ0n) is 16.3. The molecule has 0 aliphatic heterocycles. The largest absolute Gasteiger partial charge is 0.417 e. The second-order valence-corrected chi connectivity index (χ2v) is 7.23. The number of nitrogens with one attached hydrogen (secondary N) is 1. The average Bonchev–Trinajstić information content (AvgIpc) is 3.33. The summed E-state index contributed by atoms with van der Waals surface area (Å²) in [6.45, 7) is 0.455. The van der Waals surface area contributed by atoms with Gasteiger partial charge < -0.3 is 15.2 Å². The van der Waals surface area contributed by atoms with Crippen molar-refractivity contribution in [3.05, 3.63) is 35.2 Å². The van der Waals surface area contributed by atoms with Gasteiger partial charge in [0.05, 0.1) is 23.5 Å². The van der Waals surface area contributed by atoms with Gasteiger partial charge in [0.2, 0.25) is 5.88 Å². The molecule has 4 rings (SSSR count). The molecule has 0 unspecified atom stereocenters. The van der Waals surface area contributed by atoms with Crippen LogP contribution in [0, 0.1) is 13.8 Å². The number of alkyl halides is 2. The number of carbonyl (C=O) groups excluding carboxylic acids is 1. The molecule has 0 atom stereocenters. The van der Waals surface area contributed by atoms with E-state index in [4.69, 9.17) is 0 Å². The maximum Gasteiger partial charge on any atom is 0.388 e. The van der Waals surface area contributed by atoms with Crippen molar-refractivity contribution in [1.82, 2.24) is 35.0 Å². The summed E-state index contributed by atoms with van der Waals surface area (Å²) >= 11 is 0. The van der Waals surface area contributed by atoms with Crippen LogP contribution in [0.1, 0.15) is 40.3 Å². The molecule has 1 aliphatic carbocycles. The van der Waals surface area contributed by atoms with Gasteiger partial charge in [-0.05, 0) is 26.7 Å². The van der Waals surface area contributed by atoms with Crippen LogP contribution in [0.5, 0.6) is 5.88 Å². The first-order chi connectivity index (χ1) is 14.3. The first kappa shape index (κ1) is 20.0. The third kappa shape index (κ3) is 4.03. The third-order valence-corrected chi connectivity index (χ3v) is 4.83. The van der Waals surface area contributed by atoms with E-state index >= 15 is 0 Å². The number of nitrogens with zero attached hydrogens (tertiary/aromatic N) is 6. The van der Waals surface area contributed by atoms with Crippen molar-refractivity contribution < 1.29 is 23.4 Å². The summed E-state index contributed by atoms with van der Waals surface area (Å²) in [5.74, 6) is -0.720. The molecule has 3 aromatic heterocycles. The highest BCUT2D eigenvalue weighted by atomic mass is 19.3. The molecular formula is C18H19F2N7O3. The SMILES string of the molecule is Cc1cnc2c(C(=O)NCC3(O)CC3)nn(Cc3ncnc(OC(F)F)c3C)c2n1. The van der Waals surface area contributed by atoms with E-state index in [1.54, 1.807) is 13.8 Å². The van der Waals surface area contributed by atoms with Crippen LogP contribution < -0.4 is 10.1 Å². The standard InChI is InChI=1S/C18H19F2N7O3/c1-9-5-21-12-13(15(28)22-7-18(29)3-4-18)26-27(14(12)25-9)6-11-10(2)16(24-8-23-11)30-17(19)20/h5,8,17,29H,3-4,6-7H2,1-2H3,(H,22,28). The predicted molar refractivity (Wildman–Crippen MR) is 99.1 cm³/mol. The van der Waals surface area contributed by atoms with Gasteiger partial charge in [-0.2, -0.15) is 13.9 Å². The van der Waals surface area contributed by atoms with Crippen molar-refractivity contribution in [1.29, 1.82) is 0 Å². The Hall–Kier alpha value is -3.28. The van der Waals surface area contributed by atoms with Crippen molar-refractivity contribution in [2.75, 3.05) is 6.54 Å². The van der Waals surface area contributed by atoms with Crippen molar-refractivity contribution in [3.63, 3.8) is 0 Å². The van der Waals surface area contributed by atoms with Crippen molar-refractivity contribution in [2.45, 2.75) is 45.4 Å². The molecule has 0 bridgehead atoms. The van der Waals surface area contributed by atoms with E-state index in [2.05, 4.69) is 35.1 Å². The maximum absolute atomic E-state index is 12.6. The quantitative estimate of drug-likeness (QED) is 0.584. The van der Waals surface area contributed by atoms with Gasteiger partial charge >= 0.3 is 6.61 Å². The zero-order valence-corrected chi connectivity index (χ0v) is 16.3. The average molecular weight is 419 g/mol. The third-order valence-electron chi connectivity index (χ3n) is 4.83. The molecular weight excluding hydrogens is 400 g/mol. The Labute approximate surface area is 169 Å². The zero-order chi connectivity index (χ0) is 21.5. The monoisotopic (exact) mass is 419 g/mol. The lowest BCUT2D eigenvalue weighted by atomic mass is 10.2. The Morgan fingerprint density at radius 3 is 2.80 bits per heavy atom. The summed E-state index contributed by atoms with van der Waals surface area (Å²) in [6.07, 6.45) is 3.91. The van der Waals surface area contributed by atoms with E-state index in [-0.39, 0.29) is 30.2 Å². The van der Waals surface area contributed by atoms with E-state index in [1.165, 1.54) is 10.9 Å². The minimum atomic E-state index is -3.01. The van der Waals surface area contributed by atoms with E-state index in [0.717, 1.165) is 6.33 Å². The molecule has 1 saturated carbocycles. The highest BCUT2D eigenvalue weighted by molar-refractivity contribution is 6.02. The van der Waals surface area contributed by atoms with Gasteiger partial charge in [-0.25, -0.2) is 24.6 Å². The van der Waals surface area contributed by atoms with Gasteiger partial charge in [-0.3, -0.25) is 4.79 Å². The van der Waals surface area contributed by atoms with Gasteiger partial charge in [-0.1, -0.05) is 0 Å². The van der Waals surface area contributed by atoms with E-state index in [1.807, 2.05) is 0 Å². The predicted octanol–water partition coefficient (Wildman–Crippen LogP) is 1.14. The van der Waals surface area contributed by atoms with E-state index < -0.39 is 18.1 Å². The lowest BCUT2D eigenvalue weighted by Crippen LogP contribution is -2.33. The highest BCUT2D eigenvalue weighted by Crippen LogP contribution is 2.34. The number of amides is 1. The number of carbonyl (C=O) groups is 1. The number of ether oxygens (including phenoxy) is 1. The van der Waals surface area contributed by atoms with Gasteiger partial charge in [0.15, 0.2) is 11.3 Å². The maximum atomic E-state index is 12.6. The summed E-state index contributed by atoms with van der Waals surface area (Å²) in [5, 5.41) is 16.9. The number of rotatable bonds is 7. The summed E-state index contributed by atoms with van der Waals surface area (Å²) in [5.41, 5.74) is 1.16. The second-order valence-electron chi connectivity index (χ2n) is 7.23. The first-order valence-electron chi connectivity index (χ1n) is 9.22.